The predicted octanol–water partition coefficient (Wildman–Crippen LogP) is 3.97. The summed E-state index contributed by atoms with van der Waals surface area (Å²) in [5.41, 5.74) is 2.25. The molecule has 6 nitrogen and oxygen atoms in total. The number of aromatic hydroxyl groups is 1. The van der Waals surface area contributed by atoms with Gasteiger partial charge < -0.3 is 9.84 Å². The zero-order valence-corrected chi connectivity index (χ0v) is 18.0. The molecule has 0 aliphatic heterocycles. The fraction of sp³-hybridized carbons (Fsp3) is 0.0500. The number of phenols is 1. The molecule has 4 rings (SSSR count). The number of phenolic OH excluding ortho intramolecular Hbond substituents is 1. The van der Waals surface area contributed by atoms with Gasteiger partial charge in [0.05, 0.1) is 34.0 Å². The average Bonchev–Trinajstić information content (AvgIpc) is 3.24. The summed E-state index contributed by atoms with van der Waals surface area (Å²) in [5.74, 6) is 0.0767. The van der Waals surface area contributed by atoms with Gasteiger partial charge in [0, 0.05) is 16.2 Å². The number of imidazole rings is 1. The lowest BCUT2D eigenvalue weighted by atomic mass is 10.1. The van der Waals surface area contributed by atoms with Crippen LogP contribution in [0.4, 0.5) is 0 Å². The second-order valence-electron chi connectivity index (χ2n) is 6.09. The number of hydrogen-bond acceptors (Lipinski definition) is 6. The van der Waals surface area contributed by atoms with E-state index in [9.17, 15) is 9.90 Å². The van der Waals surface area contributed by atoms with E-state index in [0.717, 1.165) is 10.0 Å². The molecule has 0 bridgehead atoms. The molecule has 9 heteroatoms. The lowest BCUT2D eigenvalue weighted by Crippen LogP contribution is -2.22. The van der Waals surface area contributed by atoms with Crippen molar-refractivity contribution in [2.24, 2.45) is 0 Å². The highest BCUT2D eigenvalue weighted by molar-refractivity contribution is 9.10. The maximum Gasteiger partial charge on any atom is 0.274 e. The first-order valence-corrected chi connectivity index (χ1v) is 10.2. The lowest BCUT2D eigenvalue weighted by molar-refractivity contribution is 0.373. The van der Waals surface area contributed by atoms with Gasteiger partial charge in [0.15, 0.2) is 16.5 Å². The van der Waals surface area contributed by atoms with Crippen LogP contribution in [0.15, 0.2) is 45.8 Å². The number of fused-ring (bicyclic) bond motifs is 1. The summed E-state index contributed by atoms with van der Waals surface area (Å²) in [4.78, 5) is 17.9. The largest absolute Gasteiger partial charge is 0.503 e. The van der Waals surface area contributed by atoms with E-state index in [1.165, 1.54) is 22.8 Å². The lowest BCUT2D eigenvalue weighted by Gasteiger charge is -2.05. The fourth-order valence-electron chi connectivity index (χ4n) is 2.86. The Morgan fingerprint density at radius 1 is 1.34 bits per heavy atom. The smallest absolute Gasteiger partial charge is 0.274 e. The molecule has 2 aromatic heterocycles. The highest BCUT2D eigenvalue weighted by Gasteiger charge is 2.13. The van der Waals surface area contributed by atoms with Gasteiger partial charge in [-0.25, -0.2) is 4.98 Å². The first-order chi connectivity index (χ1) is 13.9. The Labute approximate surface area is 182 Å². The third-order valence-corrected chi connectivity index (χ3v) is 5.92. The van der Waals surface area contributed by atoms with Gasteiger partial charge in [0.1, 0.15) is 0 Å². The standard InChI is InChI=1S/C20H11BrClN3O3S/c1-28-16-5-10(4-14(22)18(16)26)6-17-19(27)25-9-15(24-20(25)29-17)12-2-11(8-23)3-13(21)7-12/h2-7,9,26H,1H3/b17-6-. The number of aromatic nitrogens is 2. The molecule has 4 aromatic rings. The van der Waals surface area contributed by atoms with Gasteiger partial charge in [0.2, 0.25) is 0 Å². The van der Waals surface area contributed by atoms with Gasteiger partial charge in [-0.05, 0) is 42.0 Å². The topological polar surface area (TPSA) is 87.6 Å². The normalized spacial score (nSPS) is 11.7. The summed E-state index contributed by atoms with van der Waals surface area (Å²) in [6.45, 7) is 0. The van der Waals surface area contributed by atoms with Crippen LogP contribution < -0.4 is 14.8 Å². The van der Waals surface area contributed by atoms with Gasteiger partial charge in [-0.15, -0.1) is 0 Å². The summed E-state index contributed by atoms with van der Waals surface area (Å²) >= 11 is 10.6. The van der Waals surface area contributed by atoms with Gasteiger partial charge in [-0.1, -0.05) is 38.9 Å². The number of ether oxygens (including phenoxy) is 1. The van der Waals surface area contributed by atoms with Crippen LogP contribution in [-0.4, -0.2) is 21.6 Å². The van der Waals surface area contributed by atoms with Crippen molar-refractivity contribution >= 4 is 49.9 Å². The molecule has 29 heavy (non-hydrogen) atoms. The van der Waals surface area contributed by atoms with Gasteiger partial charge >= 0.3 is 0 Å². The molecule has 0 spiro atoms. The van der Waals surface area contributed by atoms with E-state index in [1.54, 1.807) is 36.5 Å². The van der Waals surface area contributed by atoms with Crippen molar-refractivity contribution < 1.29 is 9.84 Å². The minimum atomic E-state index is -0.220. The maximum atomic E-state index is 12.8. The Balaban J connectivity index is 1.82. The number of halogens is 2. The molecule has 0 fully saturated rings. The van der Waals surface area contributed by atoms with Crippen LogP contribution in [0.5, 0.6) is 11.5 Å². The number of benzene rings is 2. The van der Waals surface area contributed by atoms with Crippen LogP contribution in [-0.2, 0) is 0 Å². The summed E-state index contributed by atoms with van der Waals surface area (Å²) in [7, 11) is 1.43. The quantitative estimate of drug-likeness (QED) is 0.471. The Kier molecular flexibility index (Phi) is 5.04. The Morgan fingerprint density at radius 3 is 2.83 bits per heavy atom. The maximum absolute atomic E-state index is 12.8. The van der Waals surface area contributed by atoms with Crippen LogP contribution in [0.3, 0.4) is 0 Å². The SMILES string of the molecule is COc1cc(/C=c2\sc3nc(-c4cc(Br)cc(C#N)c4)cn3c2=O)cc(Cl)c1O. The van der Waals surface area contributed by atoms with Crippen LogP contribution in [0.2, 0.25) is 5.02 Å². The average molecular weight is 489 g/mol. The molecule has 2 aromatic carbocycles. The van der Waals surface area contributed by atoms with E-state index in [4.69, 9.17) is 21.6 Å². The third-order valence-electron chi connectivity index (χ3n) is 4.20. The fourth-order valence-corrected chi connectivity index (χ4v) is 4.53. The van der Waals surface area contributed by atoms with Gasteiger partial charge in [0.25, 0.3) is 5.56 Å². The van der Waals surface area contributed by atoms with Gasteiger partial charge in [-0.3, -0.25) is 9.20 Å². The van der Waals surface area contributed by atoms with Crippen LogP contribution in [0.25, 0.3) is 22.3 Å². The summed E-state index contributed by atoms with van der Waals surface area (Å²) < 4.78 is 7.80. The van der Waals surface area contributed by atoms with Crippen molar-refractivity contribution in [3.05, 3.63) is 72.0 Å². The van der Waals surface area contributed by atoms with Crippen LogP contribution in [0, 0.1) is 11.3 Å². The number of methoxy groups -OCH3 is 1. The van der Waals surface area contributed by atoms with Crippen molar-refractivity contribution in [2.45, 2.75) is 0 Å². The Bertz CT molecular complexity index is 1420. The zero-order chi connectivity index (χ0) is 20.7. The molecular weight excluding hydrogens is 478 g/mol. The minimum absolute atomic E-state index is 0.134. The molecule has 0 amide bonds. The number of nitriles is 1. The molecule has 0 unspecified atom stereocenters. The van der Waals surface area contributed by atoms with E-state index >= 15 is 0 Å². The number of thiazole rings is 1. The van der Waals surface area contributed by atoms with E-state index in [2.05, 4.69) is 27.0 Å². The van der Waals surface area contributed by atoms with E-state index in [1.807, 2.05) is 6.07 Å². The van der Waals surface area contributed by atoms with Crippen LogP contribution in [0.1, 0.15) is 11.1 Å². The summed E-state index contributed by atoms with van der Waals surface area (Å²) in [5, 5.41) is 19.1. The molecule has 2 heterocycles. The molecule has 0 saturated carbocycles. The van der Waals surface area contributed by atoms with E-state index in [0.29, 0.717) is 26.3 Å². The number of nitrogens with zero attached hydrogens (tertiary/aromatic N) is 3. The number of rotatable bonds is 3. The first-order valence-electron chi connectivity index (χ1n) is 8.21. The monoisotopic (exact) mass is 487 g/mol. The Hall–Kier alpha value is -2.86. The third kappa shape index (κ3) is 3.60. The summed E-state index contributed by atoms with van der Waals surface area (Å²) in [6.07, 6.45) is 3.32. The van der Waals surface area contributed by atoms with Crippen molar-refractivity contribution in [1.82, 2.24) is 9.38 Å². The second kappa shape index (κ2) is 7.52. The molecule has 1 N–H and O–H groups in total. The van der Waals surface area contributed by atoms with E-state index < -0.39 is 0 Å². The highest BCUT2D eigenvalue weighted by atomic mass is 79.9. The van der Waals surface area contributed by atoms with Crippen molar-refractivity contribution in [1.29, 1.82) is 5.26 Å². The first kappa shape index (κ1) is 19.5. The van der Waals surface area contributed by atoms with E-state index in [-0.39, 0.29) is 22.1 Å². The predicted molar refractivity (Wildman–Crippen MR) is 116 cm³/mol. The summed E-state index contributed by atoms with van der Waals surface area (Å²) in [6, 6.07) is 10.5. The molecule has 0 saturated heterocycles. The van der Waals surface area contributed by atoms with Gasteiger partial charge in [-0.2, -0.15) is 5.26 Å². The minimum Gasteiger partial charge on any atom is -0.503 e. The molecule has 144 valence electrons. The van der Waals surface area contributed by atoms with Crippen molar-refractivity contribution in [2.75, 3.05) is 7.11 Å². The molecule has 0 aliphatic rings. The zero-order valence-electron chi connectivity index (χ0n) is 14.8. The molecule has 0 atom stereocenters. The van der Waals surface area contributed by atoms with Crippen molar-refractivity contribution in [3.8, 4) is 28.8 Å². The number of hydrogen-bond donors (Lipinski definition) is 1. The second-order valence-corrected chi connectivity index (χ2v) is 8.42. The highest BCUT2D eigenvalue weighted by Crippen LogP contribution is 2.35. The Morgan fingerprint density at radius 2 is 2.14 bits per heavy atom. The van der Waals surface area contributed by atoms with Crippen LogP contribution >= 0.6 is 38.9 Å². The molecule has 0 radical (unpaired) electrons. The van der Waals surface area contributed by atoms with Crippen molar-refractivity contribution in [3.63, 3.8) is 0 Å². The molecule has 0 aliphatic carbocycles. The molecular formula is C20H11BrClN3O3S.